The van der Waals surface area contributed by atoms with Gasteiger partial charge in [0, 0.05) is 41.2 Å². The van der Waals surface area contributed by atoms with Gasteiger partial charge in [0.2, 0.25) is 17.6 Å². The predicted octanol–water partition coefficient (Wildman–Crippen LogP) is 3.79. The molecule has 0 unspecified atom stereocenters. The fraction of sp³-hybridized carbons (Fsp3) is 0.105. The molecule has 0 aliphatic heterocycles. The zero-order valence-electron chi connectivity index (χ0n) is 13.4. The Morgan fingerprint density at radius 1 is 1.12 bits per heavy atom. The molecule has 4 aromatic rings. The number of nitrogens with one attached hydrogen (secondary N) is 2. The van der Waals surface area contributed by atoms with E-state index in [0.29, 0.717) is 18.1 Å². The highest BCUT2D eigenvalue weighted by Gasteiger charge is 2.11. The second-order valence-electron chi connectivity index (χ2n) is 5.71. The number of anilines is 1. The minimum absolute atomic E-state index is 0.0886. The Labute approximate surface area is 143 Å². The maximum atomic E-state index is 12.1. The van der Waals surface area contributed by atoms with Crippen LogP contribution in [0.1, 0.15) is 12.3 Å². The van der Waals surface area contributed by atoms with Gasteiger partial charge in [-0.15, -0.1) is 0 Å². The Balaban J connectivity index is 1.36. The number of rotatable bonds is 5. The highest BCUT2D eigenvalue weighted by molar-refractivity contribution is 5.93. The summed E-state index contributed by atoms with van der Waals surface area (Å²) in [6.45, 7) is 0. The number of aromatic nitrogens is 3. The molecule has 4 rings (SSSR count). The summed E-state index contributed by atoms with van der Waals surface area (Å²) < 4.78 is 5.22. The van der Waals surface area contributed by atoms with Crippen LogP contribution in [0.5, 0.6) is 0 Å². The van der Waals surface area contributed by atoms with Crippen LogP contribution in [0.15, 0.2) is 65.3 Å². The SMILES string of the molecule is O=C(CCc1nc(-c2ccccc2)no1)Nc1ccc2[nH]ccc2c1. The summed E-state index contributed by atoms with van der Waals surface area (Å²) in [5.41, 5.74) is 2.70. The van der Waals surface area contributed by atoms with E-state index in [1.165, 1.54) is 0 Å². The molecular weight excluding hydrogens is 316 g/mol. The molecule has 0 atom stereocenters. The molecule has 0 aliphatic rings. The van der Waals surface area contributed by atoms with Gasteiger partial charge in [0.25, 0.3) is 0 Å². The van der Waals surface area contributed by atoms with E-state index < -0.39 is 0 Å². The Kier molecular flexibility index (Phi) is 4.00. The minimum Gasteiger partial charge on any atom is -0.361 e. The quantitative estimate of drug-likeness (QED) is 0.582. The van der Waals surface area contributed by atoms with E-state index in [4.69, 9.17) is 4.52 Å². The average molecular weight is 332 g/mol. The standard InChI is InChI=1S/C19H16N4O2/c24-17(21-15-6-7-16-14(12-15)10-11-20-16)8-9-18-22-19(23-25-18)13-4-2-1-3-5-13/h1-7,10-12,20H,8-9H2,(H,21,24). The molecule has 2 aromatic heterocycles. The molecule has 124 valence electrons. The fourth-order valence-electron chi connectivity index (χ4n) is 2.64. The van der Waals surface area contributed by atoms with Crippen LogP contribution in [-0.4, -0.2) is 21.0 Å². The molecular formula is C19H16N4O2. The van der Waals surface area contributed by atoms with Crippen molar-refractivity contribution < 1.29 is 9.32 Å². The smallest absolute Gasteiger partial charge is 0.227 e. The van der Waals surface area contributed by atoms with Crippen LogP contribution >= 0.6 is 0 Å². The molecule has 2 aromatic carbocycles. The summed E-state index contributed by atoms with van der Waals surface area (Å²) >= 11 is 0. The van der Waals surface area contributed by atoms with Crippen LogP contribution in [0, 0.1) is 0 Å². The molecule has 0 bridgehead atoms. The maximum absolute atomic E-state index is 12.1. The van der Waals surface area contributed by atoms with Gasteiger partial charge < -0.3 is 14.8 Å². The van der Waals surface area contributed by atoms with Crippen molar-refractivity contribution >= 4 is 22.5 Å². The molecule has 0 aliphatic carbocycles. The number of H-pyrrole nitrogens is 1. The van der Waals surface area contributed by atoms with Gasteiger partial charge in [-0.2, -0.15) is 4.98 Å². The Bertz CT molecular complexity index is 1000. The van der Waals surface area contributed by atoms with Crippen LogP contribution in [0.25, 0.3) is 22.3 Å². The molecule has 0 spiro atoms. The first-order chi connectivity index (χ1) is 12.3. The number of aryl methyl sites for hydroxylation is 1. The van der Waals surface area contributed by atoms with Gasteiger partial charge in [-0.05, 0) is 24.3 Å². The molecule has 2 N–H and O–H groups in total. The van der Waals surface area contributed by atoms with Crippen molar-refractivity contribution in [2.75, 3.05) is 5.32 Å². The second kappa shape index (κ2) is 6.60. The first-order valence-electron chi connectivity index (χ1n) is 8.03. The molecule has 0 fully saturated rings. The number of carbonyl (C=O) groups excluding carboxylic acids is 1. The normalized spacial score (nSPS) is 10.9. The lowest BCUT2D eigenvalue weighted by Gasteiger charge is -2.04. The van der Waals surface area contributed by atoms with Crippen molar-refractivity contribution in [2.45, 2.75) is 12.8 Å². The number of fused-ring (bicyclic) bond motifs is 1. The highest BCUT2D eigenvalue weighted by atomic mass is 16.5. The van der Waals surface area contributed by atoms with E-state index in [9.17, 15) is 4.79 Å². The topological polar surface area (TPSA) is 83.8 Å². The summed E-state index contributed by atoms with van der Waals surface area (Å²) in [5.74, 6) is 0.901. The Morgan fingerprint density at radius 3 is 2.88 bits per heavy atom. The first kappa shape index (κ1) is 15.1. The van der Waals surface area contributed by atoms with Crippen molar-refractivity contribution in [2.24, 2.45) is 0 Å². The van der Waals surface area contributed by atoms with Gasteiger partial charge >= 0.3 is 0 Å². The largest absolute Gasteiger partial charge is 0.361 e. The van der Waals surface area contributed by atoms with Gasteiger partial charge in [0.1, 0.15) is 0 Å². The molecule has 6 heteroatoms. The van der Waals surface area contributed by atoms with Crippen molar-refractivity contribution in [3.05, 3.63) is 66.7 Å². The molecule has 1 amide bonds. The minimum atomic E-state index is -0.0886. The summed E-state index contributed by atoms with van der Waals surface area (Å²) in [6, 6.07) is 17.3. The van der Waals surface area contributed by atoms with Crippen molar-refractivity contribution in [3.8, 4) is 11.4 Å². The van der Waals surface area contributed by atoms with Gasteiger partial charge in [0.05, 0.1) is 0 Å². The second-order valence-corrected chi connectivity index (χ2v) is 5.71. The summed E-state index contributed by atoms with van der Waals surface area (Å²) in [5, 5.41) is 7.90. The first-order valence-corrected chi connectivity index (χ1v) is 8.03. The fourth-order valence-corrected chi connectivity index (χ4v) is 2.64. The predicted molar refractivity (Wildman–Crippen MR) is 95.0 cm³/mol. The number of carbonyl (C=O) groups is 1. The maximum Gasteiger partial charge on any atom is 0.227 e. The van der Waals surface area contributed by atoms with Crippen molar-refractivity contribution in [1.29, 1.82) is 0 Å². The third kappa shape index (κ3) is 3.42. The van der Waals surface area contributed by atoms with Crippen LogP contribution in [0.3, 0.4) is 0 Å². The van der Waals surface area contributed by atoms with E-state index in [1.807, 2.05) is 60.8 Å². The molecule has 6 nitrogen and oxygen atoms in total. The number of hydrogen-bond acceptors (Lipinski definition) is 4. The number of benzene rings is 2. The number of amides is 1. The number of aromatic amines is 1. The van der Waals surface area contributed by atoms with E-state index in [-0.39, 0.29) is 12.3 Å². The monoisotopic (exact) mass is 332 g/mol. The van der Waals surface area contributed by atoms with Crippen LogP contribution in [0.2, 0.25) is 0 Å². The molecule has 25 heavy (non-hydrogen) atoms. The molecule has 0 radical (unpaired) electrons. The lowest BCUT2D eigenvalue weighted by atomic mass is 10.2. The van der Waals surface area contributed by atoms with Crippen LogP contribution in [0.4, 0.5) is 5.69 Å². The Hall–Kier alpha value is -3.41. The van der Waals surface area contributed by atoms with E-state index in [2.05, 4.69) is 20.4 Å². The molecule has 0 saturated carbocycles. The third-order valence-electron chi connectivity index (χ3n) is 3.90. The average Bonchev–Trinajstić information content (AvgIpc) is 3.30. The lowest BCUT2D eigenvalue weighted by molar-refractivity contribution is -0.116. The summed E-state index contributed by atoms with van der Waals surface area (Å²) in [6.07, 6.45) is 2.55. The Morgan fingerprint density at radius 2 is 2.00 bits per heavy atom. The van der Waals surface area contributed by atoms with E-state index in [0.717, 1.165) is 22.2 Å². The third-order valence-corrected chi connectivity index (χ3v) is 3.90. The molecule has 0 saturated heterocycles. The van der Waals surface area contributed by atoms with Crippen molar-refractivity contribution in [3.63, 3.8) is 0 Å². The highest BCUT2D eigenvalue weighted by Crippen LogP contribution is 2.18. The zero-order valence-corrected chi connectivity index (χ0v) is 13.4. The van der Waals surface area contributed by atoms with Gasteiger partial charge in [0.15, 0.2) is 0 Å². The summed E-state index contributed by atoms with van der Waals surface area (Å²) in [4.78, 5) is 19.6. The van der Waals surface area contributed by atoms with Crippen molar-refractivity contribution in [1.82, 2.24) is 15.1 Å². The van der Waals surface area contributed by atoms with E-state index >= 15 is 0 Å². The number of nitrogens with zero attached hydrogens (tertiary/aromatic N) is 2. The molecule has 2 heterocycles. The van der Waals surface area contributed by atoms with Crippen LogP contribution < -0.4 is 5.32 Å². The zero-order chi connectivity index (χ0) is 17.1. The van der Waals surface area contributed by atoms with Gasteiger partial charge in [-0.3, -0.25) is 4.79 Å². The van der Waals surface area contributed by atoms with Gasteiger partial charge in [-0.1, -0.05) is 35.5 Å². The lowest BCUT2D eigenvalue weighted by Crippen LogP contribution is -2.12. The van der Waals surface area contributed by atoms with Gasteiger partial charge in [-0.25, -0.2) is 0 Å². The number of hydrogen-bond donors (Lipinski definition) is 2. The van der Waals surface area contributed by atoms with E-state index in [1.54, 1.807) is 0 Å². The summed E-state index contributed by atoms with van der Waals surface area (Å²) in [7, 11) is 0. The van der Waals surface area contributed by atoms with Crippen LogP contribution in [-0.2, 0) is 11.2 Å².